The summed E-state index contributed by atoms with van der Waals surface area (Å²) in [4.78, 5) is 3.59. The maximum Gasteiger partial charge on any atom is 0.243 e. The summed E-state index contributed by atoms with van der Waals surface area (Å²) in [6.07, 6.45) is 3.39. The van der Waals surface area contributed by atoms with E-state index in [1.54, 1.807) is 22.5 Å². The molecule has 0 spiro atoms. The minimum atomic E-state index is -3.49. The van der Waals surface area contributed by atoms with Crippen molar-refractivity contribution in [3.63, 3.8) is 0 Å². The minimum Gasteiger partial charge on any atom is -0.361 e. The molecule has 0 radical (unpaired) electrons. The van der Waals surface area contributed by atoms with Crippen molar-refractivity contribution in [3.8, 4) is 0 Å². The van der Waals surface area contributed by atoms with Crippen LogP contribution in [0.1, 0.15) is 35.4 Å². The molecule has 1 aliphatic heterocycles. The van der Waals surface area contributed by atoms with Crippen LogP contribution in [0.2, 0.25) is 0 Å². The summed E-state index contributed by atoms with van der Waals surface area (Å²) in [6.45, 7) is 4.69. The van der Waals surface area contributed by atoms with Crippen molar-refractivity contribution in [1.29, 1.82) is 0 Å². The number of hydrogen-bond donors (Lipinski definition) is 1. The zero-order valence-electron chi connectivity index (χ0n) is 15.5. The number of hydrogen-bond acceptors (Lipinski definition) is 2. The monoisotopic (exact) mass is 386 g/mol. The van der Waals surface area contributed by atoms with E-state index < -0.39 is 10.0 Å². The third-order valence-corrected chi connectivity index (χ3v) is 7.57. The van der Waals surface area contributed by atoms with E-state index in [0.717, 1.165) is 40.4 Å². The zero-order valence-corrected chi connectivity index (χ0v) is 16.3. The molecule has 0 saturated carbocycles. The predicted molar refractivity (Wildman–Crippen MR) is 105 cm³/mol. The first kappa shape index (κ1) is 18.2. The van der Waals surface area contributed by atoms with Crippen molar-refractivity contribution in [1.82, 2.24) is 9.29 Å². The quantitative estimate of drug-likeness (QED) is 0.721. The minimum absolute atomic E-state index is 0.227. The Balaban J connectivity index is 1.56. The molecule has 0 bridgehead atoms. The van der Waals surface area contributed by atoms with E-state index in [-0.39, 0.29) is 11.7 Å². The van der Waals surface area contributed by atoms with Crippen molar-refractivity contribution in [2.24, 2.45) is 0 Å². The molecule has 1 saturated heterocycles. The molecule has 142 valence electrons. The van der Waals surface area contributed by atoms with Crippen LogP contribution in [-0.2, 0) is 10.0 Å². The first-order valence-corrected chi connectivity index (χ1v) is 10.6. The highest BCUT2D eigenvalue weighted by molar-refractivity contribution is 7.89. The molecule has 4 nitrogen and oxygen atoms in total. The van der Waals surface area contributed by atoms with E-state index in [9.17, 15) is 12.8 Å². The standard InChI is InChI=1S/C21H23FN2O2S/c1-14-3-4-15(2)21(11-14)27(25,26)24-9-7-16(8-10-24)19-13-23-20-6-5-17(22)12-18(19)20/h3-6,11-13,16,23H,7-10H2,1-2H3. The van der Waals surface area contributed by atoms with E-state index in [0.29, 0.717) is 18.0 Å². The lowest BCUT2D eigenvalue weighted by Crippen LogP contribution is -2.38. The molecule has 0 amide bonds. The van der Waals surface area contributed by atoms with Gasteiger partial charge < -0.3 is 4.98 Å². The second-order valence-corrected chi connectivity index (χ2v) is 9.29. The SMILES string of the molecule is Cc1ccc(C)c(S(=O)(=O)N2CCC(c3c[nH]c4ccc(F)cc34)CC2)c1. The fourth-order valence-corrected chi connectivity index (χ4v) is 5.76. The van der Waals surface area contributed by atoms with Gasteiger partial charge in [-0.25, -0.2) is 12.8 Å². The van der Waals surface area contributed by atoms with Crippen molar-refractivity contribution < 1.29 is 12.8 Å². The number of nitrogens with zero attached hydrogens (tertiary/aromatic N) is 1. The fourth-order valence-electron chi connectivity index (χ4n) is 3.98. The van der Waals surface area contributed by atoms with Gasteiger partial charge in [-0.05, 0) is 73.6 Å². The topological polar surface area (TPSA) is 53.2 Å². The Hall–Kier alpha value is -2.18. The predicted octanol–water partition coefficient (Wildman–Crippen LogP) is 4.49. The molecule has 0 aliphatic carbocycles. The lowest BCUT2D eigenvalue weighted by Gasteiger charge is -2.31. The number of H-pyrrole nitrogens is 1. The Labute approximate surface area is 159 Å². The molecule has 1 aromatic heterocycles. The Morgan fingerprint density at radius 3 is 2.56 bits per heavy atom. The average Bonchev–Trinajstić information content (AvgIpc) is 3.06. The van der Waals surface area contributed by atoms with Gasteiger partial charge in [-0.2, -0.15) is 4.31 Å². The molecule has 0 atom stereocenters. The van der Waals surface area contributed by atoms with Gasteiger partial charge in [0.05, 0.1) is 4.90 Å². The summed E-state index contributed by atoms with van der Waals surface area (Å²) in [6, 6.07) is 10.3. The highest BCUT2D eigenvalue weighted by atomic mass is 32.2. The summed E-state index contributed by atoms with van der Waals surface area (Å²) < 4.78 is 41.4. The van der Waals surface area contributed by atoms with E-state index in [1.807, 2.05) is 32.2 Å². The normalized spacial score (nSPS) is 16.9. The zero-order chi connectivity index (χ0) is 19.2. The van der Waals surface area contributed by atoms with Gasteiger partial charge >= 0.3 is 0 Å². The van der Waals surface area contributed by atoms with Gasteiger partial charge in [0.15, 0.2) is 0 Å². The third kappa shape index (κ3) is 3.28. The molecular weight excluding hydrogens is 363 g/mol. The van der Waals surface area contributed by atoms with E-state index in [1.165, 1.54) is 6.07 Å². The fraction of sp³-hybridized carbons (Fsp3) is 0.333. The number of nitrogens with one attached hydrogen (secondary N) is 1. The van der Waals surface area contributed by atoms with Crippen LogP contribution in [0.25, 0.3) is 10.9 Å². The number of aromatic amines is 1. The number of rotatable bonds is 3. The number of benzene rings is 2. The van der Waals surface area contributed by atoms with Crippen molar-refractivity contribution in [3.05, 3.63) is 65.1 Å². The van der Waals surface area contributed by atoms with Crippen LogP contribution >= 0.6 is 0 Å². The van der Waals surface area contributed by atoms with Crippen LogP contribution < -0.4 is 0 Å². The molecule has 2 aromatic carbocycles. The molecule has 27 heavy (non-hydrogen) atoms. The molecule has 4 rings (SSSR count). The summed E-state index contributed by atoms with van der Waals surface area (Å²) in [5, 5.41) is 0.894. The Bertz CT molecular complexity index is 1100. The maximum atomic E-state index is 13.6. The summed E-state index contributed by atoms with van der Waals surface area (Å²) >= 11 is 0. The number of aryl methyl sites for hydroxylation is 2. The van der Waals surface area contributed by atoms with Crippen molar-refractivity contribution >= 4 is 20.9 Å². The maximum absolute atomic E-state index is 13.6. The molecule has 6 heteroatoms. The summed E-state index contributed by atoms with van der Waals surface area (Å²) in [5.74, 6) is -0.0242. The molecule has 1 N–H and O–H groups in total. The second-order valence-electron chi connectivity index (χ2n) is 7.38. The number of fused-ring (bicyclic) bond motifs is 1. The molecular formula is C21H23FN2O2S. The van der Waals surface area contributed by atoms with E-state index >= 15 is 0 Å². The number of sulfonamides is 1. The molecule has 3 aromatic rings. The number of piperidine rings is 1. The summed E-state index contributed by atoms with van der Waals surface area (Å²) in [5.41, 5.74) is 3.70. The molecule has 0 unspecified atom stereocenters. The first-order chi connectivity index (χ1) is 12.9. The van der Waals surface area contributed by atoms with Crippen molar-refractivity contribution in [2.75, 3.05) is 13.1 Å². The van der Waals surface area contributed by atoms with Crippen LogP contribution in [0.5, 0.6) is 0 Å². The van der Waals surface area contributed by atoms with Crippen LogP contribution in [-0.4, -0.2) is 30.8 Å². The van der Waals surface area contributed by atoms with Gasteiger partial charge in [0.25, 0.3) is 0 Å². The highest BCUT2D eigenvalue weighted by Crippen LogP contribution is 2.35. The molecule has 2 heterocycles. The highest BCUT2D eigenvalue weighted by Gasteiger charge is 2.31. The van der Waals surface area contributed by atoms with Gasteiger partial charge in [-0.15, -0.1) is 0 Å². The first-order valence-electron chi connectivity index (χ1n) is 9.20. The third-order valence-electron chi connectivity index (χ3n) is 5.53. The van der Waals surface area contributed by atoms with Gasteiger partial charge in [-0.3, -0.25) is 0 Å². The van der Waals surface area contributed by atoms with E-state index in [4.69, 9.17) is 0 Å². The van der Waals surface area contributed by atoms with Crippen LogP contribution in [0.4, 0.5) is 4.39 Å². The molecule has 1 fully saturated rings. The average molecular weight is 386 g/mol. The van der Waals surface area contributed by atoms with Crippen LogP contribution in [0.15, 0.2) is 47.5 Å². The van der Waals surface area contributed by atoms with Crippen LogP contribution in [0, 0.1) is 19.7 Å². The molecule has 1 aliphatic rings. The Kier molecular flexibility index (Phi) is 4.56. The van der Waals surface area contributed by atoms with Crippen LogP contribution in [0.3, 0.4) is 0 Å². The summed E-state index contributed by atoms with van der Waals surface area (Å²) in [7, 11) is -3.49. The second kappa shape index (κ2) is 6.77. The lowest BCUT2D eigenvalue weighted by atomic mass is 9.90. The smallest absolute Gasteiger partial charge is 0.243 e. The largest absolute Gasteiger partial charge is 0.361 e. The van der Waals surface area contributed by atoms with Gasteiger partial charge in [0.2, 0.25) is 10.0 Å². The van der Waals surface area contributed by atoms with Gasteiger partial charge in [0.1, 0.15) is 5.82 Å². The van der Waals surface area contributed by atoms with Gasteiger partial charge in [-0.1, -0.05) is 12.1 Å². The number of aromatic nitrogens is 1. The Morgan fingerprint density at radius 2 is 1.81 bits per heavy atom. The van der Waals surface area contributed by atoms with E-state index in [2.05, 4.69) is 4.98 Å². The Morgan fingerprint density at radius 1 is 1.07 bits per heavy atom. The van der Waals surface area contributed by atoms with Gasteiger partial charge in [0, 0.05) is 30.2 Å². The van der Waals surface area contributed by atoms with Crippen molar-refractivity contribution in [2.45, 2.75) is 37.5 Å². The lowest BCUT2D eigenvalue weighted by molar-refractivity contribution is 0.320. The number of halogens is 1.